The summed E-state index contributed by atoms with van der Waals surface area (Å²) in [7, 11) is 1.59. The highest BCUT2D eigenvalue weighted by Gasteiger charge is 2.20. The molecule has 0 fully saturated rings. The molecule has 0 amide bonds. The van der Waals surface area contributed by atoms with Crippen LogP contribution >= 0.6 is 23.1 Å². The summed E-state index contributed by atoms with van der Waals surface area (Å²) >= 11 is 2.15. The average molecular weight is 285 g/mol. The van der Waals surface area contributed by atoms with Crippen molar-refractivity contribution in [3.05, 3.63) is 32.6 Å². The van der Waals surface area contributed by atoms with E-state index in [2.05, 4.69) is 5.10 Å². The Labute approximate surface area is 109 Å². The lowest BCUT2D eigenvalue weighted by Gasteiger charge is -1.92. The van der Waals surface area contributed by atoms with Gasteiger partial charge in [0.25, 0.3) is 0 Å². The molecule has 2 aromatic rings. The molecule has 0 radical (unpaired) electrons. The maximum absolute atomic E-state index is 10.8. The van der Waals surface area contributed by atoms with Gasteiger partial charge in [-0.2, -0.15) is 5.10 Å². The van der Waals surface area contributed by atoms with Crippen molar-refractivity contribution in [2.24, 2.45) is 7.05 Å². The van der Waals surface area contributed by atoms with Crippen LogP contribution in [0.5, 0.6) is 0 Å². The number of nitrogens with zero attached hydrogens (tertiary/aromatic N) is 3. The van der Waals surface area contributed by atoms with Crippen molar-refractivity contribution in [3.8, 4) is 0 Å². The Morgan fingerprint density at radius 1 is 1.67 bits per heavy atom. The van der Waals surface area contributed by atoms with E-state index in [1.807, 2.05) is 0 Å². The molecule has 0 aliphatic carbocycles. The maximum Gasteiger partial charge on any atom is 0.345 e. The van der Waals surface area contributed by atoms with Crippen LogP contribution in [0.4, 0.5) is 5.69 Å². The van der Waals surface area contributed by atoms with Crippen molar-refractivity contribution in [2.75, 3.05) is 0 Å². The van der Waals surface area contributed by atoms with E-state index in [-0.39, 0.29) is 15.6 Å². The lowest BCUT2D eigenvalue weighted by Crippen LogP contribution is -1.90. The summed E-state index contributed by atoms with van der Waals surface area (Å²) in [5, 5.41) is 25.4. The second kappa shape index (κ2) is 4.78. The molecule has 9 heteroatoms. The smallest absolute Gasteiger partial charge is 0.345 e. The SMILES string of the molecule is Cn1cc([N+](=O)[O-])c(Sc2csc(C(=O)O)c2)n1. The van der Waals surface area contributed by atoms with Crippen LogP contribution in [-0.4, -0.2) is 25.8 Å². The fourth-order valence-corrected chi connectivity index (χ4v) is 3.07. The summed E-state index contributed by atoms with van der Waals surface area (Å²) < 4.78 is 1.35. The lowest BCUT2D eigenvalue weighted by molar-refractivity contribution is -0.387. The molecule has 0 aliphatic rings. The summed E-state index contributed by atoms with van der Waals surface area (Å²) in [6.45, 7) is 0. The molecular weight excluding hydrogens is 278 g/mol. The number of carboxylic acid groups (broad SMARTS) is 1. The van der Waals surface area contributed by atoms with E-state index in [4.69, 9.17) is 5.11 Å². The number of carbonyl (C=O) groups is 1. The molecule has 2 heterocycles. The second-order valence-electron chi connectivity index (χ2n) is 3.30. The molecule has 0 aliphatic heterocycles. The van der Waals surface area contributed by atoms with Gasteiger partial charge in [0.05, 0.1) is 4.92 Å². The Balaban J connectivity index is 2.27. The highest BCUT2D eigenvalue weighted by Crippen LogP contribution is 2.35. The zero-order chi connectivity index (χ0) is 13.3. The Bertz CT molecular complexity index is 619. The van der Waals surface area contributed by atoms with E-state index >= 15 is 0 Å². The van der Waals surface area contributed by atoms with Crippen LogP contribution in [0.25, 0.3) is 0 Å². The maximum atomic E-state index is 10.8. The fourth-order valence-electron chi connectivity index (χ4n) is 1.25. The van der Waals surface area contributed by atoms with Gasteiger partial charge in [-0.3, -0.25) is 14.8 Å². The quantitative estimate of drug-likeness (QED) is 0.683. The normalized spacial score (nSPS) is 10.5. The van der Waals surface area contributed by atoms with Crippen LogP contribution in [0.15, 0.2) is 27.6 Å². The van der Waals surface area contributed by atoms with E-state index in [1.165, 1.54) is 16.9 Å². The summed E-state index contributed by atoms with van der Waals surface area (Å²) in [4.78, 5) is 21.8. The van der Waals surface area contributed by atoms with Crippen molar-refractivity contribution in [3.63, 3.8) is 0 Å². The predicted octanol–water partition coefficient (Wildman–Crippen LogP) is 2.24. The molecule has 0 saturated carbocycles. The van der Waals surface area contributed by atoms with Gasteiger partial charge in [-0.25, -0.2) is 4.79 Å². The van der Waals surface area contributed by atoms with E-state index in [0.717, 1.165) is 23.1 Å². The van der Waals surface area contributed by atoms with Gasteiger partial charge in [0.1, 0.15) is 11.1 Å². The molecule has 2 aromatic heterocycles. The topological polar surface area (TPSA) is 98.3 Å². The highest BCUT2D eigenvalue weighted by molar-refractivity contribution is 7.99. The first-order valence-corrected chi connectivity index (χ1v) is 6.34. The van der Waals surface area contributed by atoms with Crippen LogP contribution in [0.1, 0.15) is 9.67 Å². The van der Waals surface area contributed by atoms with Crippen LogP contribution in [0, 0.1) is 10.1 Å². The van der Waals surface area contributed by atoms with Gasteiger partial charge < -0.3 is 5.11 Å². The number of thiophene rings is 1. The molecule has 0 atom stereocenters. The van der Waals surface area contributed by atoms with E-state index < -0.39 is 10.9 Å². The number of hydrogen-bond acceptors (Lipinski definition) is 6. The first kappa shape index (κ1) is 12.6. The zero-order valence-corrected chi connectivity index (χ0v) is 10.7. The molecule has 0 saturated heterocycles. The number of nitro groups is 1. The minimum atomic E-state index is -1.01. The van der Waals surface area contributed by atoms with Gasteiger partial charge in [0.15, 0.2) is 0 Å². The first-order chi connectivity index (χ1) is 8.47. The molecule has 0 aromatic carbocycles. The minimum Gasteiger partial charge on any atom is -0.477 e. The Hall–Kier alpha value is -1.87. The fraction of sp³-hybridized carbons (Fsp3) is 0.111. The number of aryl methyl sites for hydroxylation is 1. The molecule has 94 valence electrons. The molecule has 7 nitrogen and oxygen atoms in total. The Morgan fingerprint density at radius 3 is 2.94 bits per heavy atom. The number of carboxylic acids is 1. The minimum absolute atomic E-state index is 0.0921. The van der Waals surface area contributed by atoms with Gasteiger partial charge in [-0.15, -0.1) is 11.3 Å². The number of aromatic carboxylic acids is 1. The first-order valence-electron chi connectivity index (χ1n) is 4.65. The molecule has 1 N–H and O–H groups in total. The van der Waals surface area contributed by atoms with Gasteiger partial charge in [-0.1, -0.05) is 11.8 Å². The van der Waals surface area contributed by atoms with Crippen molar-refractivity contribution >= 4 is 34.8 Å². The monoisotopic (exact) mass is 285 g/mol. The summed E-state index contributed by atoms with van der Waals surface area (Å²) in [6.07, 6.45) is 1.31. The summed E-state index contributed by atoms with van der Waals surface area (Å²) in [6, 6.07) is 1.47. The van der Waals surface area contributed by atoms with Gasteiger partial charge >= 0.3 is 11.7 Å². The van der Waals surface area contributed by atoms with Gasteiger partial charge in [0.2, 0.25) is 5.03 Å². The lowest BCUT2D eigenvalue weighted by atomic mass is 10.5. The van der Waals surface area contributed by atoms with Crippen molar-refractivity contribution in [1.82, 2.24) is 9.78 Å². The highest BCUT2D eigenvalue weighted by atomic mass is 32.2. The summed E-state index contributed by atoms with van der Waals surface area (Å²) in [5.41, 5.74) is -0.0921. The van der Waals surface area contributed by atoms with Crippen LogP contribution in [0.3, 0.4) is 0 Å². The van der Waals surface area contributed by atoms with Gasteiger partial charge in [0, 0.05) is 17.3 Å². The molecule has 2 rings (SSSR count). The van der Waals surface area contributed by atoms with Crippen LogP contribution in [-0.2, 0) is 7.05 Å². The average Bonchev–Trinajstić information content (AvgIpc) is 2.86. The van der Waals surface area contributed by atoms with Crippen LogP contribution < -0.4 is 0 Å². The van der Waals surface area contributed by atoms with Crippen molar-refractivity contribution < 1.29 is 14.8 Å². The Morgan fingerprint density at radius 2 is 2.39 bits per heavy atom. The molecule has 0 bridgehead atoms. The standard InChI is InChI=1S/C9H7N3O4S2/c1-11-3-6(12(15)16)8(10-11)18-5-2-7(9(13)14)17-4-5/h2-4H,1H3,(H,13,14). The van der Waals surface area contributed by atoms with Crippen LogP contribution in [0.2, 0.25) is 0 Å². The third kappa shape index (κ3) is 2.51. The molecular formula is C9H7N3O4S2. The Kier molecular flexibility index (Phi) is 3.34. The third-order valence-corrected chi connectivity index (χ3v) is 4.00. The van der Waals surface area contributed by atoms with Crippen molar-refractivity contribution in [1.29, 1.82) is 0 Å². The number of aromatic nitrogens is 2. The third-order valence-electron chi connectivity index (χ3n) is 1.97. The number of rotatable bonds is 4. The largest absolute Gasteiger partial charge is 0.477 e. The van der Waals surface area contributed by atoms with Gasteiger partial charge in [-0.05, 0) is 6.07 Å². The molecule has 18 heavy (non-hydrogen) atoms. The van der Waals surface area contributed by atoms with Crippen molar-refractivity contribution in [2.45, 2.75) is 9.92 Å². The van der Waals surface area contributed by atoms with E-state index in [1.54, 1.807) is 12.4 Å². The second-order valence-corrected chi connectivity index (χ2v) is 5.28. The predicted molar refractivity (Wildman–Crippen MR) is 65.3 cm³/mol. The van der Waals surface area contributed by atoms with E-state index in [9.17, 15) is 14.9 Å². The zero-order valence-electron chi connectivity index (χ0n) is 9.06. The summed E-state index contributed by atoms with van der Waals surface area (Å²) in [5.74, 6) is -1.01. The molecule has 0 spiro atoms. The molecule has 0 unspecified atom stereocenters. The number of hydrogen-bond donors (Lipinski definition) is 1. The van der Waals surface area contributed by atoms with E-state index in [0.29, 0.717) is 4.90 Å².